The Hall–Kier alpha value is -3.17. The third-order valence-corrected chi connectivity index (χ3v) is 3.12. The van der Waals surface area contributed by atoms with E-state index in [2.05, 4.69) is 45.5 Å². The zero-order chi connectivity index (χ0) is 15.9. The topological polar surface area (TPSA) is 140 Å². The number of H-pyrrole nitrogens is 3. The van der Waals surface area contributed by atoms with Gasteiger partial charge in [0.15, 0.2) is 0 Å². The fourth-order valence-corrected chi connectivity index (χ4v) is 2.01. The Bertz CT molecular complexity index is 702. The molecule has 0 saturated carbocycles. The lowest BCUT2D eigenvalue weighted by Crippen LogP contribution is -2.20. The molecule has 3 aromatic rings. The lowest BCUT2D eigenvalue weighted by atomic mass is 10.3. The van der Waals surface area contributed by atoms with Crippen molar-refractivity contribution in [3.05, 3.63) is 46.9 Å². The van der Waals surface area contributed by atoms with Crippen LogP contribution in [0.3, 0.4) is 0 Å². The summed E-state index contributed by atoms with van der Waals surface area (Å²) in [5.74, 6) is 0.672. The minimum atomic E-state index is -0.451. The first kappa shape index (κ1) is 14.8. The highest BCUT2D eigenvalue weighted by Crippen LogP contribution is 2.01. The summed E-state index contributed by atoms with van der Waals surface area (Å²) in [6.07, 6.45) is 8.24. The normalized spacial score (nSPS) is 10.6. The minimum Gasteiger partial charge on any atom is -0.355 e. The average molecular weight is 315 g/mol. The standard InChI is InChI=1S/C13H17N9O/c23-13-21-11(16-3-1-9-5-14-7-18-9)20-12(22-13)17-4-2-10-6-15-8-19-10/h5-8H,1-4H2,(H,14,18)(H,15,19)(H3,16,17,20,21,22,23). The molecule has 10 nitrogen and oxygen atoms in total. The molecular formula is C13H17N9O. The van der Waals surface area contributed by atoms with Gasteiger partial charge in [0.05, 0.1) is 12.7 Å². The maximum Gasteiger partial charge on any atom is 0.350 e. The predicted octanol–water partition coefficient (Wildman–Crippen LogP) is -0.0797. The Morgan fingerprint density at radius 3 is 2.17 bits per heavy atom. The van der Waals surface area contributed by atoms with Gasteiger partial charge in [-0.1, -0.05) is 0 Å². The van der Waals surface area contributed by atoms with Crippen molar-refractivity contribution in [1.29, 1.82) is 0 Å². The molecule has 0 spiro atoms. The van der Waals surface area contributed by atoms with Gasteiger partial charge in [0.25, 0.3) is 0 Å². The van der Waals surface area contributed by atoms with Crippen molar-refractivity contribution in [3.63, 3.8) is 0 Å². The van der Waals surface area contributed by atoms with Gasteiger partial charge in [0.2, 0.25) is 11.9 Å². The van der Waals surface area contributed by atoms with Crippen LogP contribution in [0, 0.1) is 0 Å². The first-order chi connectivity index (χ1) is 11.3. The molecule has 0 aliphatic carbocycles. The highest BCUT2D eigenvalue weighted by Gasteiger charge is 2.03. The summed E-state index contributed by atoms with van der Waals surface area (Å²) < 4.78 is 0. The van der Waals surface area contributed by atoms with E-state index in [1.165, 1.54) is 0 Å². The van der Waals surface area contributed by atoms with Gasteiger partial charge in [0.1, 0.15) is 0 Å². The van der Waals surface area contributed by atoms with E-state index >= 15 is 0 Å². The quantitative estimate of drug-likeness (QED) is 0.391. The summed E-state index contributed by atoms with van der Waals surface area (Å²) in [6.45, 7) is 1.21. The van der Waals surface area contributed by atoms with Crippen LogP contribution >= 0.6 is 0 Å². The van der Waals surface area contributed by atoms with Crippen LogP contribution < -0.4 is 16.3 Å². The molecule has 10 heteroatoms. The van der Waals surface area contributed by atoms with Gasteiger partial charge in [0, 0.05) is 49.7 Å². The summed E-state index contributed by atoms with van der Waals surface area (Å²) in [4.78, 5) is 36.1. The summed E-state index contributed by atoms with van der Waals surface area (Å²) in [6, 6.07) is 0. The zero-order valence-electron chi connectivity index (χ0n) is 12.3. The molecular weight excluding hydrogens is 298 g/mol. The third-order valence-electron chi connectivity index (χ3n) is 3.12. The molecule has 23 heavy (non-hydrogen) atoms. The Kier molecular flexibility index (Phi) is 4.62. The minimum absolute atomic E-state index is 0.289. The third kappa shape index (κ3) is 4.40. The van der Waals surface area contributed by atoms with Crippen molar-refractivity contribution in [2.45, 2.75) is 12.8 Å². The molecule has 0 aliphatic rings. The molecule has 3 aromatic heterocycles. The monoisotopic (exact) mass is 315 g/mol. The van der Waals surface area contributed by atoms with Crippen LogP contribution in [0.1, 0.15) is 11.4 Å². The van der Waals surface area contributed by atoms with Crippen molar-refractivity contribution in [3.8, 4) is 0 Å². The van der Waals surface area contributed by atoms with Gasteiger partial charge >= 0.3 is 5.69 Å². The van der Waals surface area contributed by atoms with E-state index in [9.17, 15) is 4.79 Å². The fraction of sp³-hybridized carbons (Fsp3) is 0.308. The fourth-order valence-electron chi connectivity index (χ4n) is 2.01. The van der Waals surface area contributed by atoms with Gasteiger partial charge < -0.3 is 20.6 Å². The Morgan fingerprint density at radius 2 is 1.57 bits per heavy atom. The highest BCUT2D eigenvalue weighted by molar-refractivity contribution is 5.32. The Balaban J connectivity index is 1.52. The van der Waals surface area contributed by atoms with Crippen LogP contribution in [0.25, 0.3) is 0 Å². The van der Waals surface area contributed by atoms with Crippen LogP contribution in [0.5, 0.6) is 0 Å². The van der Waals surface area contributed by atoms with Crippen molar-refractivity contribution in [2.75, 3.05) is 23.7 Å². The number of aromatic amines is 3. The lowest BCUT2D eigenvalue weighted by Gasteiger charge is -2.07. The molecule has 0 bridgehead atoms. The van der Waals surface area contributed by atoms with Crippen molar-refractivity contribution in [1.82, 2.24) is 34.9 Å². The first-order valence-electron chi connectivity index (χ1n) is 7.20. The summed E-state index contributed by atoms with van der Waals surface area (Å²) in [5.41, 5.74) is 1.56. The number of rotatable bonds is 8. The number of nitrogens with one attached hydrogen (secondary N) is 5. The molecule has 5 N–H and O–H groups in total. The average Bonchev–Trinajstić information content (AvgIpc) is 3.20. The van der Waals surface area contributed by atoms with E-state index in [0.29, 0.717) is 19.0 Å². The number of aromatic nitrogens is 7. The van der Waals surface area contributed by atoms with E-state index < -0.39 is 5.69 Å². The molecule has 0 aliphatic heterocycles. The van der Waals surface area contributed by atoms with Gasteiger partial charge in [-0.3, -0.25) is 4.98 Å². The largest absolute Gasteiger partial charge is 0.355 e. The number of hydrogen-bond acceptors (Lipinski definition) is 7. The number of anilines is 2. The predicted molar refractivity (Wildman–Crippen MR) is 84.2 cm³/mol. The second kappa shape index (κ2) is 7.20. The SMILES string of the molecule is O=c1nc(NCCc2cnc[nH]2)nc(NCCc2cnc[nH]2)[nH]1. The van der Waals surface area contributed by atoms with Crippen LogP contribution in [-0.2, 0) is 12.8 Å². The molecule has 0 unspecified atom stereocenters. The smallest absolute Gasteiger partial charge is 0.350 e. The van der Waals surface area contributed by atoms with Gasteiger partial charge in [-0.2, -0.15) is 9.97 Å². The number of imidazole rings is 2. The number of hydrogen-bond donors (Lipinski definition) is 5. The second-order valence-electron chi connectivity index (χ2n) is 4.83. The summed E-state index contributed by atoms with van der Waals surface area (Å²) in [7, 11) is 0. The van der Waals surface area contributed by atoms with E-state index in [0.717, 1.165) is 24.2 Å². The molecule has 0 aromatic carbocycles. The number of nitrogens with zero attached hydrogens (tertiary/aromatic N) is 4. The Labute approximate surface area is 131 Å². The molecule has 3 rings (SSSR count). The van der Waals surface area contributed by atoms with E-state index in [1.54, 1.807) is 25.0 Å². The van der Waals surface area contributed by atoms with Crippen molar-refractivity contribution < 1.29 is 0 Å². The summed E-state index contributed by atoms with van der Waals surface area (Å²) in [5, 5.41) is 6.08. The molecule has 0 atom stereocenters. The molecule has 0 saturated heterocycles. The van der Waals surface area contributed by atoms with Crippen molar-refractivity contribution >= 4 is 11.9 Å². The highest BCUT2D eigenvalue weighted by atomic mass is 16.1. The molecule has 0 fully saturated rings. The van der Waals surface area contributed by atoms with Gasteiger partial charge in [-0.15, -0.1) is 0 Å². The maximum atomic E-state index is 11.6. The molecule has 0 radical (unpaired) electrons. The van der Waals surface area contributed by atoms with E-state index in [-0.39, 0.29) is 5.95 Å². The lowest BCUT2D eigenvalue weighted by molar-refractivity contribution is 0.903. The van der Waals surface area contributed by atoms with Gasteiger partial charge in [-0.25, -0.2) is 14.8 Å². The first-order valence-corrected chi connectivity index (χ1v) is 7.20. The molecule has 0 amide bonds. The molecule has 120 valence electrons. The Morgan fingerprint density at radius 1 is 0.913 bits per heavy atom. The zero-order valence-corrected chi connectivity index (χ0v) is 12.3. The van der Waals surface area contributed by atoms with Crippen LogP contribution in [-0.4, -0.2) is 48.0 Å². The van der Waals surface area contributed by atoms with E-state index in [1.807, 2.05) is 0 Å². The van der Waals surface area contributed by atoms with Crippen LogP contribution in [0.2, 0.25) is 0 Å². The van der Waals surface area contributed by atoms with Crippen LogP contribution in [0.15, 0.2) is 29.8 Å². The summed E-state index contributed by atoms with van der Waals surface area (Å²) >= 11 is 0. The second-order valence-corrected chi connectivity index (χ2v) is 4.83. The molecule has 3 heterocycles. The van der Waals surface area contributed by atoms with E-state index in [4.69, 9.17) is 0 Å². The maximum absolute atomic E-state index is 11.6. The van der Waals surface area contributed by atoms with Gasteiger partial charge in [-0.05, 0) is 0 Å². The van der Waals surface area contributed by atoms with Crippen LogP contribution in [0.4, 0.5) is 11.9 Å². The van der Waals surface area contributed by atoms with Crippen molar-refractivity contribution in [2.24, 2.45) is 0 Å².